The number of nitrogens with two attached hydrogens (primary N) is 1. The Bertz CT molecular complexity index is 1400. The van der Waals surface area contributed by atoms with Crippen LogP contribution in [-0.2, 0) is 30.6 Å². The number of carbonyl (C=O) groups is 1. The molecule has 0 aliphatic carbocycles. The fraction of sp³-hybridized carbons (Fsp3) is 0.478. The lowest BCUT2D eigenvalue weighted by Crippen LogP contribution is -2.48. The normalized spacial score (nSPS) is 24.9. The molecule has 1 fully saturated rings. The summed E-state index contributed by atoms with van der Waals surface area (Å²) in [7, 11) is 4.73. The topological polar surface area (TPSA) is 159 Å². The SMILES string of the molecule is COC(=O)[C@@H](C)NP(=S)(OC[C@@]1(CCl)O[C@@H](n2cnc3c(N(C)C)nc(N)nc32)[C@H](F)[C@@H]1O)Oc1ccccc1. The first-order valence-corrected chi connectivity index (χ1v) is 15.2. The van der Waals surface area contributed by atoms with E-state index in [9.17, 15) is 9.90 Å². The number of hydrogen-bond donors (Lipinski definition) is 3. The van der Waals surface area contributed by atoms with Crippen LogP contribution in [0.15, 0.2) is 36.7 Å². The molecule has 2 aromatic heterocycles. The summed E-state index contributed by atoms with van der Waals surface area (Å²) in [5, 5.41) is 13.9. The van der Waals surface area contributed by atoms with Crippen LogP contribution in [-0.4, -0.2) is 88.2 Å². The minimum Gasteiger partial charge on any atom is -0.468 e. The molecule has 1 aliphatic heterocycles. The number of rotatable bonds is 11. The average Bonchev–Trinajstić information content (AvgIpc) is 3.45. The quantitative estimate of drug-likeness (QED) is 0.163. The van der Waals surface area contributed by atoms with Gasteiger partial charge >= 0.3 is 12.6 Å². The molecule has 6 atom stereocenters. The zero-order valence-electron chi connectivity index (χ0n) is 22.1. The number of alkyl halides is 2. The molecule has 40 heavy (non-hydrogen) atoms. The lowest BCUT2D eigenvalue weighted by Gasteiger charge is -2.33. The summed E-state index contributed by atoms with van der Waals surface area (Å²) in [4.78, 5) is 26.5. The monoisotopic (exact) mass is 617 g/mol. The summed E-state index contributed by atoms with van der Waals surface area (Å²) < 4.78 is 39.8. The molecule has 1 saturated heterocycles. The average molecular weight is 618 g/mol. The summed E-state index contributed by atoms with van der Waals surface area (Å²) in [6, 6.07) is 7.65. The Morgan fingerprint density at radius 2 is 2.10 bits per heavy atom. The van der Waals surface area contributed by atoms with E-state index in [1.54, 1.807) is 49.3 Å². The minimum atomic E-state index is -3.51. The maximum absolute atomic E-state index is 15.7. The number of nitrogen functional groups attached to an aromatic ring is 1. The van der Waals surface area contributed by atoms with Crippen LogP contribution in [0.2, 0.25) is 0 Å². The van der Waals surface area contributed by atoms with Gasteiger partial charge in [-0.25, -0.2) is 14.5 Å². The number of aliphatic hydroxyl groups excluding tert-OH is 1. The Labute approximate surface area is 239 Å². The second-order valence-corrected chi connectivity index (χ2v) is 12.7. The molecular weight excluding hydrogens is 588 g/mol. The highest BCUT2D eigenvalue weighted by molar-refractivity contribution is 8.09. The summed E-state index contributed by atoms with van der Waals surface area (Å²) in [5.74, 6) is -0.239. The van der Waals surface area contributed by atoms with Gasteiger partial charge in [-0.15, -0.1) is 11.6 Å². The number of aliphatic hydroxyl groups is 1. The van der Waals surface area contributed by atoms with E-state index in [1.165, 1.54) is 24.9 Å². The maximum atomic E-state index is 15.7. The largest absolute Gasteiger partial charge is 0.468 e. The second-order valence-electron chi connectivity index (χ2n) is 9.27. The van der Waals surface area contributed by atoms with Crippen LogP contribution in [0.1, 0.15) is 13.2 Å². The van der Waals surface area contributed by atoms with E-state index in [0.29, 0.717) is 17.1 Å². The number of ether oxygens (including phenoxy) is 2. The summed E-state index contributed by atoms with van der Waals surface area (Å²) in [6.45, 7) is -2.47. The minimum absolute atomic E-state index is 0.0524. The van der Waals surface area contributed by atoms with Crippen LogP contribution < -0.4 is 20.2 Å². The van der Waals surface area contributed by atoms with Gasteiger partial charge in [-0.3, -0.25) is 9.36 Å². The number of carbonyl (C=O) groups excluding carboxylic acids is 1. The molecule has 1 aromatic carbocycles. The van der Waals surface area contributed by atoms with Crippen molar-refractivity contribution < 1.29 is 32.8 Å². The number of nitrogens with zero attached hydrogens (tertiary/aromatic N) is 5. The predicted molar refractivity (Wildman–Crippen MR) is 150 cm³/mol. The number of aromatic nitrogens is 4. The van der Waals surface area contributed by atoms with Crippen molar-refractivity contribution in [2.45, 2.75) is 37.1 Å². The Morgan fingerprint density at radius 1 is 1.40 bits per heavy atom. The van der Waals surface area contributed by atoms with Crippen molar-refractivity contribution in [1.82, 2.24) is 24.6 Å². The van der Waals surface area contributed by atoms with Gasteiger partial charge in [0.15, 0.2) is 29.4 Å². The molecule has 218 valence electrons. The van der Waals surface area contributed by atoms with E-state index in [4.69, 9.17) is 47.7 Å². The molecule has 3 heterocycles. The molecular formula is C23H30ClFN7O6PS. The number of fused-ring (bicyclic) bond motifs is 1. The van der Waals surface area contributed by atoms with Gasteiger partial charge < -0.3 is 34.3 Å². The fourth-order valence-electron chi connectivity index (χ4n) is 4.09. The maximum Gasteiger partial charge on any atom is 0.323 e. The number of nitrogens with one attached hydrogen (secondary N) is 1. The van der Waals surface area contributed by atoms with Crippen LogP contribution in [0.25, 0.3) is 11.2 Å². The molecule has 1 unspecified atom stereocenters. The third-order valence-corrected chi connectivity index (χ3v) is 9.10. The van der Waals surface area contributed by atoms with Crippen LogP contribution in [0.3, 0.4) is 0 Å². The van der Waals surface area contributed by atoms with Crippen molar-refractivity contribution in [3.05, 3.63) is 36.7 Å². The van der Waals surface area contributed by atoms with Gasteiger partial charge in [0.1, 0.15) is 23.5 Å². The standard InChI is InChI=1S/C23H30ClFN7O6PS/c1-13(21(34)35-4)30-39(40,38-14-8-6-5-7-9-14)36-11-23(10-24)17(33)15(25)20(37-23)32-12-27-16-18(31(2)3)28-22(26)29-19(16)32/h5-9,12-13,15,17,20,33H,10-11H2,1-4H3,(H,30,40)(H2,26,28,29)/t13-,15-,17+,20-,23-,39?/m1/s1. The van der Waals surface area contributed by atoms with Crippen LogP contribution in [0, 0.1) is 0 Å². The van der Waals surface area contributed by atoms with Crippen LogP contribution >= 0.6 is 18.2 Å². The van der Waals surface area contributed by atoms with Gasteiger partial charge in [-0.05, 0) is 30.9 Å². The summed E-state index contributed by atoms with van der Waals surface area (Å²) in [5.41, 5.74) is 4.69. The zero-order valence-corrected chi connectivity index (χ0v) is 24.6. The third kappa shape index (κ3) is 6.00. The Balaban J connectivity index is 1.63. The van der Waals surface area contributed by atoms with Crippen molar-refractivity contribution in [3.8, 4) is 5.75 Å². The van der Waals surface area contributed by atoms with Gasteiger partial charge in [0.2, 0.25) is 5.95 Å². The van der Waals surface area contributed by atoms with E-state index in [2.05, 4.69) is 20.0 Å². The van der Waals surface area contributed by atoms with Crippen molar-refractivity contribution in [2.75, 3.05) is 44.3 Å². The van der Waals surface area contributed by atoms with Crippen LogP contribution in [0.5, 0.6) is 5.75 Å². The highest BCUT2D eigenvalue weighted by Crippen LogP contribution is 2.49. The molecule has 0 bridgehead atoms. The van der Waals surface area contributed by atoms with E-state index in [1.807, 2.05) is 0 Å². The van der Waals surface area contributed by atoms with E-state index in [-0.39, 0.29) is 17.5 Å². The molecule has 0 saturated carbocycles. The number of halogens is 2. The van der Waals surface area contributed by atoms with Crippen molar-refractivity contribution in [2.24, 2.45) is 0 Å². The smallest absolute Gasteiger partial charge is 0.323 e. The lowest BCUT2D eigenvalue weighted by atomic mass is 9.99. The molecule has 13 nitrogen and oxygen atoms in total. The molecule has 3 aromatic rings. The molecule has 17 heteroatoms. The second kappa shape index (κ2) is 12.1. The Kier molecular flexibility index (Phi) is 9.15. The number of hydrogen-bond acceptors (Lipinski definition) is 12. The van der Waals surface area contributed by atoms with E-state index in [0.717, 1.165) is 0 Å². The number of methoxy groups -OCH3 is 1. The van der Waals surface area contributed by atoms with Gasteiger partial charge in [-0.1, -0.05) is 18.2 Å². The van der Waals surface area contributed by atoms with E-state index < -0.39 is 49.4 Å². The number of para-hydroxylation sites is 1. The van der Waals surface area contributed by atoms with Gasteiger partial charge in [0.05, 0.1) is 25.9 Å². The first-order valence-electron chi connectivity index (χ1n) is 12.0. The molecule has 0 radical (unpaired) electrons. The number of esters is 1. The van der Waals surface area contributed by atoms with Gasteiger partial charge in [-0.2, -0.15) is 9.97 Å². The fourth-order valence-corrected chi connectivity index (χ4v) is 6.82. The van der Waals surface area contributed by atoms with Crippen LogP contribution in [0.4, 0.5) is 16.2 Å². The zero-order chi connectivity index (χ0) is 29.2. The highest BCUT2D eigenvalue weighted by atomic mass is 35.5. The van der Waals surface area contributed by atoms with Crippen molar-refractivity contribution in [3.63, 3.8) is 0 Å². The lowest BCUT2D eigenvalue weighted by molar-refractivity contribution is -0.142. The molecule has 1 aliphatic rings. The first kappa shape index (κ1) is 30.3. The van der Waals surface area contributed by atoms with Gasteiger partial charge in [0.25, 0.3) is 0 Å². The number of benzene rings is 1. The summed E-state index contributed by atoms with van der Waals surface area (Å²) >= 11 is 11.9. The third-order valence-electron chi connectivity index (χ3n) is 6.17. The highest BCUT2D eigenvalue weighted by Gasteiger charge is 2.57. The predicted octanol–water partition coefficient (Wildman–Crippen LogP) is 2.15. The van der Waals surface area contributed by atoms with Crippen molar-refractivity contribution >= 4 is 58.9 Å². The van der Waals surface area contributed by atoms with Crippen molar-refractivity contribution in [1.29, 1.82) is 0 Å². The molecule has 4 rings (SSSR count). The first-order chi connectivity index (χ1) is 18.9. The van der Waals surface area contributed by atoms with Gasteiger partial charge in [0, 0.05) is 14.1 Å². The number of anilines is 2. The molecule has 4 N–H and O–H groups in total. The Hall–Kier alpha value is -2.65. The molecule has 0 amide bonds. The number of imidazole rings is 1. The summed E-state index contributed by atoms with van der Waals surface area (Å²) in [6.07, 6.45) is -3.77. The Morgan fingerprint density at radius 3 is 2.73 bits per heavy atom. The van der Waals surface area contributed by atoms with E-state index >= 15 is 4.39 Å². The molecule has 0 spiro atoms.